The first-order valence-corrected chi connectivity index (χ1v) is 8.30. The van der Waals surface area contributed by atoms with Crippen LogP contribution < -0.4 is 10.1 Å². The summed E-state index contributed by atoms with van der Waals surface area (Å²) in [5.41, 5.74) is 3.17. The molecule has 0 saturated heterocycles. The van der Waals surface area contributed by atoms with Crippen molar-refractivity contribution >= 4 is 5.91 Å². The minimum absolute atomic E-state index is 0.207. The fourth-order valence-corrected chi connectivity index (χ4v) is 2.41. The molecule has 4 heteroatoms. The number of carbonyl (C=O) groups excluding carboxylic acids is 1. The molecular formula is C20H25NO3. The molecule has 0 aliphatic carbocycles. The fourth-order valence-electron chi connectivity index (χ4n) is 2.41. The second-order valence-corrected chi connectivity index (χ2v) is 5.97. The smallest absolute Gasteiger partial charge is 0.251 e. The van der Waals surface area contributed by atoms with Gasteiger partial charge in [-0.3, -0.25) is 4.79 Å². The molecule has 2 N–H and O–H groups in total. The van der Waals surface area contributed by atoms with E-state index < -0.39 is 6.10 Å². The molecule has 0 fully saturated rings. The second-order valence-electron chi connectivity index (χ2n) is 5.97. The summed E-state index contributed by atoms with van der Waals surface area (Å²) in [7, 11) is 0. The highest BCUT2D eigenvalue weighted by Crippen LogP contribution is 2.15. The van der Waals surface area contributed by atoms with Crippen LogP contribution in [0.25, 0.3) is 0 Å². The standard InChI is InChI=1S/C20H25NO3/c1-15-7-3-4-8-17(15)10-6-12-24-19-11-5-9-18(13-19)20(23)21-14-16(2)22/h3-5,7-9,11,13,16,22H,6,10,12,14H2,1-2H3,(H,21,23). The van der Waals surface area contributed by atoms with E-state index in [0.717, 1.165) is 12.8 Å². The average molecular weight is 327 g/mol. The SMILES string of the molecule is Cc1ccccc1CCCOc1cccc(C(=O)NCC(C)O)c1. The highest BCUT2D eigenvalue weighted by Gasteiger charge is 2.07. The van der Waals surface area contributed by atoms with Gasteiger partial charge in [0, 0.05) is 12.1 Å². The zero-order chi connectivity index (χ0) is 17.4. The zero-order valence-electron chi connectivity index (χ0n) is 14.3. The van der Waals surface area contributed by atoms with Crippen LogP contribution in [0.15, 0.2) is 48.5 Å². The topological polar surface area (TPSA) is 58.6 Å². The Kier molecular flexibility index (Phi) is 6.82. The van der Waals surface area contributed by atoms with Crippen LogP contribution >= 0.6 is 0 Å². The minimum atomic E-state index is -0.560. The maximum atomic E-state index is 12.0. The summed E-state index contributed by atoms with van der Waals surface area (Å²) < 4.78 is 5.75. The molecule has 0 bridgehead atoms. The van der Waals surface area contributed by atoms with Gasteiger partial charge >= 0.3 is 0 Å². The third kappa shape index (κ3) is 5.70. The summed E-state index contributed by atoms with van der Waals surface area (Å²) >= 11 is 0. The Morgan fingerprint density at radius 1 is 1.21 bits per heavy atom. The predicted molar refractivity (Wildman–Crippen MR) is 95.5 cm³/mol. The first kappa shape index (κ1) is 18.0. The van der Waals surface area contributed by atoms with Crippen LogP contribution in [0.4, 0.5) is 0 Å². The lowest BCUT2D eigenvalue weighted by atomic mass is 10.0. The van der Waals surface area contributed by atoms with Crippen LogP contribution in [-0.4, -0.2) is 30.3 Å². The molecule has 0 radical (unpaired) electrons. The zero-order valence-corrected chi connectivity index (χ0v) is 14.3. The summed E-state index contributed by atoms with van der Waals surface area (Å²) in [6.07, 6.45) is 1.33. The number of aryl methyl sites for hydroxylation is 2. The lowest BCUT2D eigenvalue weighted by molar-refractivity contribution is 0.0923. The number of carbonyl (C=O) groups is 1. The van der Waals surface area contributed by atoms with Crippen molar-refractivity contribution in [2.45, 2.75) is 32.8 Å². The molecule has 1 atom stereocenters. The first-order chi connectivity index (χ1) is 11.6. The molecule has 2 rings (SSSR count). The Bertz CT molecular complexity index is 667. The molecule has 24 heavy (non-hydrogen) atoms. The van der Waals surface area contributed by atoms with Crippen molar-refractivity contribution in [3.8, 4) is 5.75 Å². The van der Waals surface area contributed by atoms with Crippen LogP contribution in [0.1, 0.15) is 34.8 Å². The van der Waals surface area contributed by atoms with Crippen LogP contribution in [0.3, 0.4) is 0 Å². The van der Waals surface area contributed by atoms with Crippen molar-refractivity contribution in [1.29, 1.82) is 0 Å². The normalized spacial score (nSPS) is 11.8. The molecular weight excluding hydrogens is 302 g/mol. The predicted octanol–water partition coefficient (Wildman–Crippen LogP) is 3.12. The summed E-state index contributed by atoms with van der Waals surface area (Å²) in [4.78, 5) is 12.0. The Hall–Kier alpha value is -2.33. The molecule has 0 spiro atoms. The van der Waals surface area contributed by atoms with E-state index in [9.17, 15) is 9.90 Å². The molecule has 128 valence electrons. The highest BCUT2D eigenvalue weighted by molar-refractivity contribution is 5.94. The van der Waals surface area contributed by atoms with E-state index in [4.69, 9.17) is 4.74 Å². The van der Waals surface area contributed by atoms with Crippen LogP contribution in [0, 0.1) is 6.92 Å². The summed E-state index contributed by atoms with van der Waals surface area (Å²) in [5, 5.41) is 11.9. The van der Waals surface area contributed by atoms with Gasteiger partial charge in [-0.2, -0.15) is 0 Å². The van der Waals surface area contributed by atoms with Gasteiger partial charge in [0.15, 0.2) is 0 Å². The van der Waals surface area contributed by atoms with Gasteiger partial charge in [-0.15, -0.1) is 0 Å². The van der Waals surface area contributed by atoms with Gasteiger partial charge in [0.2, 0.25) is 0 Å². The van der Waals surface area contributed by atoms with Gasteiger partial charge in [-0.05, 0) is 56.0 Å². The molecule has 1 unspecified atom stereocenters. The molecule has 2 aromatic carbocycles. The van der Waals surface area contributed by atoms with Crippen LogP contribution in [0.5, 0.6) is 5.75 Å². The number of benzene rings is 2. The lowest BCUT2D eigenvalue weighted by Crippen LogP contribution is -2.30. The summed E-state index contributed by atoms with van der Waals surface area (Å²) in [5.74, 6) is 0.478. The van der Waals surface area contributed by atoms with Gasteiger partial charge in [-0.25, -0.2) is 0 Å². The first-order valence-electron chi connectivity index (χ1n) is 8.30. The van der Waals surface area contributed by atoms with E-state index in [1.54, 1.807) is 25.1 Å². The van der Waals surface area contributed by atoms with E-state index in [1.165, 1.54) is 11.1 Å². The maximum Gasteiger partial charge on any atom is 0.251 e. The highest BCUT2D eigenvalue weighted by atomic mass is 16.5. The molecule has 0 heterocycles. The minimum Gasteiger partial charge on any atom is -0.494 e. The Balaban J connectivity index is 1.82. The Morgan fingerprint density at radius 3 is 2.75 bits per heavy atom. The number of amides is 1. The van der Waals surface area contributed by atoms with Crippen molar-refractivity contribution in [3.05, 3.63) is 65.2 Å². The number of hydrogen-bond acceptors (Lipinski definition) is 3. The van der Waals surface area contributed by atoms with Gasteiger partial charge in [0.1, 0.15) is 5.75 Å². The largest absolute Gasteiger partial charge is 0.494 e. The fraction of sp³-hybridized carbons (Fsp3) is 0.350. The number of aliphatic hydroxyl groups excluding tert-OH is 1. The molecule has 0 aromatic heterocycles. The van der Waals surface area contributed by atoms with Gasteiger partial charge in [0.25, 0.3) is 5.91 Å². The van der Waals surface area contributed by atoms with Crippen molar-refractivity contribution in [1.82, 2.24) is 5.32 Å². The van der Waals surface area contributed by atoms with Crippen molar-refractivity contribution < 1.29 is 14.6 Å². The van der Waals surface area contributed by atoms with Crippen molar-refractivity contribution in [3.63, 3.8) is 0 Å². The summed E-state index contributed by atoms with van der Waals surface area (Å²) in [6.45, 7) is 4.59. The van der Waals surface area contributed by atoms with Crippen molar-refractivity contribution in [2.24, 2.45) is 0 Å². The second kappa shape index (κ2) is 9.08. The average Bonchev–Trinajstić information content (AvgIpc) is 2.58. The molecule has 1 amide bonds. The monoisotopic (exact) mass is 327 g/mol. The lowest BCUT2D eigenvalue weighted by Gasteiger charge is -2.10. The van der Waals surface area contributed by atoms with E-state index >= 15 is 0 Å². The number of aliphatic hydroxyl groups is 1. The van der Waals surface area contributed by atoms with E-state index in [2.05, 4.69) is 30.4 Å². The van der Waals surface area contributed by atoms with Crippen LogP contribution in [-0.2, 0) is 6.42 Å². The van der Waals surface area contributed by atoms with Gasteiger partial charge in [-0.1, -0.05) is 30.3 Å². The van der Waals surface area contributed by atoms with E-state index in [1.807, 2.05) is 12.1 Å². The Labute approximate surface area is 143 Å². The third-order valence-corrected chi connectivity index (χ3v) is 3.77. The maximum absolute atomic E-state index is 12.0. The van der Waals surface area contributed by atoms with E-state index in [-0.39, 0.29) is 12.5 Å². The van der Waals surface area contributed by atoms with Gasteiger partial charge < -0.3 is 15.2 Å². The Morgan fingerprint density at radius 2 is 2.00 bits per heavy atom. The van der Waals surface area contributed by atoms with Gasteiger partial charge in [0.05, 0.1) is 12.7 Å². The van der Waals surface area contributed by atoms with Crippen molar-refractivity contribution in [2.75, 3.05) is 13.2 Å². The number of hydrogen-bond donors (Lipinski definition) is 2. The number of ether oxygens (including phenoxy) is 1. The quantitative estimate of drug-likeness (QED) is 0.733. The van der Waals surface area contributed by atoms with E-state index in [0.29, 0.717) is 17.9 Å². The molecule has 2 aromatic rings. The third-order valence-electron chi connectivity index (χ3n) is 3.77. The number of nitrogens with one attached hydrogen (secondary N) is 1. The number of rotatable bonds is 8. The molecule has 4 nitrogen and oxygen atoms in total. The van der Waals surface area contributed by atoms with Crippen LogP contribution in [0.2, 0.25) is 0 Å². The summed E-state index contributed by atoms with van der Waals surface area (Å²) in [6, 6.07) is 15.5. The molecule has 0 saturated carbocycles. The molecule has 0 aliphatic rings. The molecule has 0 aliphatic heterocycles.